The lowest BCUT2D eigenvalue weighted by Gasteiger charge is -2.00. The molecule has 1 aromatic rings. The van der Waals surface area contributed by atoms with Gasteiger partial charge in [0, 0.05) is 8.48 Å². The molecule has 80 valence electrons. The Bertz CT molecular complexity index is 322. The molecule has 0 fully saturated rings. The van der Waals surface area contributed by atoms with Crippen molar-refractivity contribution in [1.29, 1.82) is 0 Å². The fourth-order valence-electron chi connectivity index (χ4n) is 0.905. The van der Waals surface area contributed by atoms with Crippen molar-refractivity contribution >= 4 is 34.4 Å². The number of rotatable bonds is 6. The minimum atomic E-state index is 0.607. The highest BCUT2D eigenvalue weighted by atomic mass is 127. The molecule has 0 amide bonds. The van der Waals surface area contributed by atoms with Gasteiger partial charge in [0.25, 0.3) is 0 Å². The Morgan fingerprint density at radius 1 is 1.40 bits per heavy atom. The number of hydrogen-bond acceptors (Lipinski definition) is 2. The Morgan fingerprint density at radius 3 is 2.80 bits per heavy atom. The van der Waals surface area contributed by atoms with E-state index in [0.29, 0.717) is 13.2 Å². The molecular weight excluding hydrogens is 319 g/mol. The molecule has 0 atom stereocenters. The third-order valence-electron chi connectivity index (χ3n) is 1.54. The van der Waals surface area contributed by atoms with Crippen LogP contribution in [0.1, 0.15) is 0 Å². The lowest BCUT2D eigenvalue weighted by molar-refractivity contribution is 0.193. The van der Waals surface area contributed by atoms with Crippen molar-refractivity contribution in [1.82, 2.24) is 0 Å². The molecule has 1 aromatic carbocycles. The van der Waals surface area contributed by atoms with Crippen LogP contribution in [0.2, 0.25) is 0 Å². The summed E-state index contributed by atoms with van der Waals surface area (Å²) < 4.78 is 6.52. The molecule has 0 aliphatic heterocycles. The summed E-state index contributed by atoms with van der Waals surface area (Å²) in [6, 6.07) is 10.3. The fourth-order valence-corrected chi connectivity index (χ4v) is 2.15. The predicted octanol–water partition coefficient (Wildman–Crippen LogP) is 4.26. The van der Waals surface area contributed by atoms with E-state index in [2.05, 4.69) is 46.7 Å². The van der Waals surface area contributed by atoms with Gasteiger partial charge < -0.3 is 4.74 Å². The Hall–Kier alpha value is -0.260. The van der Waals surface area contributed by atoms with Crippen molar-refractivity contribution in [3.63, 3.8) is 0 Å². The molecule has 0 radical (unpaired) electrons. The van der Waals surface area contributed by atoms with Crippen molar-refractivity contribution in [2.75, 3.05) is 13.2 Å². The predicted molar refractivity (Wildman–Crippen MR) is 75.4 cm³/mol. The topological polar surface area (TPSA) is 9.23 Å². The molecule has 0 unspecified atom stereocenters. The maximum Gasteiger partial charge on any atom is 0.0783 e. The molecule has 1 rings (SSSR count). The lowest BCUT2D eigenvalue weighted by atomic mass is 10.4. The van der Waals surface area contributed by atoms with Gasteiger partial charge >= 0.3 is 0 Å². The zero-order valence-electron chi connectivity index (χ0n) is 8.36. The maximum atomic E-state index is 5.33. The standard InChI is InChI=1S/C12H13IOS/c1-2-8-14-9-11(13)10-15-12-6-4-3-5-7-12/h2-7,10H,1,8-9H2/b11-10-. The first-order valence-corrected chi connectivity index (χ1v) is 6.53. The monoisotopic (exact) mass is 332 g/mol. The van der Waals surface area contributed by atoms with Gasteiger partial charge in [0.05, 0.1) is 13.2 Å². The van der Waals surface area contributed by atoms with Crippen LogP contribution < -0.4 is 0 Å². The van der Waals surface area contributed by atoms with Crippen LogP contribution in [-0.2, 0) is 4.74 Å². The van der Waals surface area contributed by atoms with Crippen LogP contribution in [-0.4, -0.2) is 13.2 Å². The van der Waals surface area contributed by atoms with Gasteiger partial charge in [0.1, 0.15) is 0 Å². The average molecular weight is 332 g/mol. The third-order valence-corrected chi connectivity index (χ3v) is 3.53. The van der Waals surface area contributed by atoms with Crippen molar-refractivity contribution < 1.29 is 4.74 Å². The van der Waals surface area contributed by atoms with Crippen LogP contribution in [0, 0.1) is 0 Å². The van der Waals surface area contributed by atoms with Gasteiger partial charge in [-0.25, -0.2) is 0 Å². The number of halogens is 1. The molecule has 0 spiro atoms. The van der Waals surface area contributed by atoms with Gasteiger partial charge in [-0.15, -0.1) is 6.58 Å². The van der Waals surface area contributed by atoms with Crippen molar-refractivity contribution in [2.45, 2.75) is 4.90 Å². The molecule has 0 aliphatic carbocycles. The van der Waals surface area contributed by atoms with Gasteiger partial charge in [-0.3, -0.25) is 0 Å². The normalized spacial score (nSPS) is 11.4. The molecule has 0 bridgehead atoms. The highest BCUT2D eigenvalue weighted by Gasteiger charge is 1.93. The average Bonchev–Trinajstić information content (AvgIpc) is 2.28. The molecule has 1 nitrogen and oxygen atoms in total. The van der Waals surface area contributed by atoms with Crippen molar-refractivity contribution in [3.05, 3.63) is 52.0 Å². The first-order chi connectivity index (χ1) is 7.33. The van der Waals surface area contributed by atoms with E-state index in [1.807, 2.05) is 18.2 Å². The number of ether oxygens (including phenoxy) is 1. The summed E-state index contributed by atoms with van der Waals surface area (Å²) in [6.07, 6.45) is 1.76. The highest BCUT2D eigenvalue weighted by molar-refractivity contribution is 14.1. The van der Waals surface area contributed by atoms with E-state index in [4.69, 9.17) is 4.74 Å². The van der Waals surface area contributed by atoms with E-state index in [1.54, 1.807) is 17.8 Å². The summed E-state index contributed by atoms with van der Waals surface area (Å²) in [5.74, 6) is 0. The van der Waals surface area contributed by atoms with Crippen LogP contribution in [0.25, 0.3) is 0 Å². The zero-order valence-corrected chi connectivity index (χ0v) is 11.3. The number of hydrogen-bond donors (Lipinski definition) is 0. The van der Waals surface area contributed by atoms with Crippen LogP contribution in [0.5, 0.6) is 0 Å². The molecule has 0 saturated carbocycles. The summed E-state index contributed by atoms with van der Waals surface area (Å²) in [5, 5.41) is 2.11. The lowest BCUT2D eigenvalue weighted by Crippen LogP contribution is -1.92. The summed E-state index contributed by atoms with van der Waals surface area (Å²) in [5.41, 5.74) is 0. The second kappa shape index (κ2) is 7.96. The second-order valence-corrected chi connectivity index (χ2v) is 5.13. The van der Waals surface area contributed by atoms with Crippen LogP contribution in [0.4, 0.5) is 0 Å². The smallest absolute Gasteiger partial charge is 0.0783 e. The Balaban J connectivity index is 2.33. The first-order valence-electron chi connectivity index (χ1n) is 4.58. The van der Waals surface area contributed by atoms with Crippen LogP contribution in [0.15, 0.2) is 56.9 Å². The molecular formula is C12H13IOS. The van der Waals surface area contributed by atoms with Gasteiger partial charge in [-0.2, -0.15) is 0 Å². The summed E-state index contributed by atoms with van der Waals surface area (Å²) in [7, 11) is 0. The van der Waals surface area contributed by atoms with E-state index in [0.717, 1.165) is 0 Å². The van der Waals surface area contributed by atoms with Crippen LogP contribution >= 0.6 is 34.4 Å². The molecule has 15 heavy (non-hydrogen) atoms. The summed E-state index contributed by atoms with van der Waals surface area (Å²) in [6.45, 7) is 4.87. The molecule has 0 aliphatic rings. The second-order valence-electron chi connectivity index (χ2n) is 2.80. The largest absolute Gasteiger partial charge is 0.372 e. The van der Waals surface area contributed by atoms with E-state index in [1.165, 1.54) is 8.48 Å². The van der Waals surface area contributed by atoms with E-state index in [-0.39, 0.29) is 0 Å². The van der Waals surface area contributed by atoms with Gasteiger partial charge in [-0.05, 0) is 40.1 Å². The number of thioether (sulfide) groups is 1. The SMILES string of the molecule is C=CCOC/C(I)=C/Sc1ccccc1. The first kappa shape index (κ1) is 12.8. The zero-order chi connectivity index (χ0) is 10.9. The van der Waals surface area contributed by atoms with E-state index in [9.17, 15) is 0 Å². The van der Waals surface area contributed by atoms with Crippen molar-refractivity contribution in [3.8, 4) is 0 Å². The molecule has 0 aromatic heterocycles. The fraction of sp³-hybridized carbons (Fsp3) is 0.167. The molecule has 3 heteroatoms. The maximum absolute atomic E-state index is 5.33. The van der Waals surface area contributed by atoms with E-state index < -0.39 is 0 Å². The quantitative estimate of drug-likeness (QED) is 0.333. The third kappa shape index (κ3) is 6.02. The Morgan fingerprint density at radius 2 is 2.13 bits per heavy atom. The van der Waals surface area contributed by atoms with Gasteiger partial charge in [0.2, 0.25) is 0 Å². The Kier molecular flexibility index (Phi) is 6.80. The Labute approximate surface area is 109 Å². The molecule has 0 saturated heterocycles. The summed E-state index contributed by atoms with van der Waals surface area (Å²) >= 11 is 4.00. The molecule has 0 N–H and O–H groups in total. The minimum Gasteiger partial charge on any atom is -0.372 e. The van der Waals surface area contributed by atoms with Gasteiger partial charge in [-0.1, -0.05) is 36.0 Å². The number of benzene rings is 1. The molecule has 0 heterocycles. The minimum absolute atomic E-state index is 0.607. The summed E-state index contributed by atoms with van der Waals surface area (Å²) in [4.78, 5) is 1.25. The van der Waals surface area contributed by atoms with Crippen LogP contribution in [0.3, 0.4) is 0 Å². The highest BCUT2D eigenvalue weighted by Crippen LogP contribution is 2.22. The van der Waals surface area contributed by atoms with Gasteiger partial charge in [0.15, 0.2) is 0 Å². The van der Waals surface area contributed by atoms with E-state index >= 15 is 0 Å². The van der Waals surface area contributed by atoms with Crippen molar-refractivity contribution in [2.24, 2.45) is 0 Å².